The van der Waals surface area contributed by atoms with Crippen molar-refractivity contribution in [1.29, 1.82) is 0 Å². The maximum Gasteiger partial charge on any atom is 0.243 e. The molecule has 2 heterocycles. The molecule has 0 spiro atoms. The van der Waals surface area contributed by atoms with Crippen LogP contribution >= 0.6 is 0 Å². The van der Waals surface area contributed by atoms with E-state index in [0.717, 1.165) is 44.5 Å². The van der Waals surface area contributed by atoms with Crippen LogP contribution in [0.3, 0.4) is 0 Å². The van der Waals surface area contributed by atoms with Gasteiger partial charge in [0, 0.05) is 32.1 Å². The average molecular weight is 408 g/mol. The minimum Gasteiger partial charge on any atom is -0.379 e. The smallest absolute Gasteiger partial charge is 0.243 e. The van der Waals surface area contributed by atoms with Crippen molar-refractivity contribution < 1.29 is 17.9 Å². The van der Waals surface area contributed by atoms with Crippen molar-refractivity contribution in [3.8, 4) is 0 Å². The van der Waals surface area contributed by atoms with Crippen LogP contribution in [0.5, 0.6) is 0 Å². The van der Waals surface area contributed by atoms with Crippen LogP contribution in [-0.4, -0.2) is 58.0 Å². The molecular formula is C20H29N3O4S. The molecule has 0 radical (unpaired) electrons. The lowest BCUT2D eigenvalue weighted by Crippen LogP contribution is -2.40. The second-order valence-corrected chi connectivity index (χ2v) is 9.80. The second kappa shape index (κ2) is 8.39. The fourth-order valence-corrected chi connectivity index (χ4v) is 5.31. The number of anilines is 2. The molecule has 7 nitrogen and oxygen atoms in total. The summed E-state index contributed by atoms with van der Waals surface area (Å²) in [6.45, 7) is 3.41. The quantitative estimate of drug-likeness (QED) is 0.811. The largest absolute Gasteiger partial charge is 0.379 e. The van der Waals surface area contributed by atoms with E-state index in [4.69, 9.17) is 4.74 Å². The number of carbonyl (C=O) groups excluding carboxylic acids is 1. The van der Waals surface area contributed by atoms with Crippen molar-refractivity contribution in [2.75, 3.05) is 49.6 Å². The summed E-state index contributed by atoms with van der Waals surface area (Å²) < 4.78 is 32.9. The first-order valence-corrected chi connectivity index (χ1v) is 11.8. The van der Waals surface area contributed by atoms with Crippen molar-refractivity contribution in [3.63, 3.8) is 0 Å². The van der Waals surface area contributed by atoms with E-state index in [1.807, 2.05) is 6.07 Å². The summed E-state index contributed by atoms with van der Waals surface area (Å²) in [7, 11) is -3.60. The van der Waals surface area contributed by atoms with Gasteiger partial charge in [0.25, 0.3) is 0 Å². The normalized spacial score (nSPS) is 21.9. The second-order valence-electron chi connectivity index (χ2n) is 7.86. The summed E-state index contributed by atoms with van der Waals surface area (Å²) in [4.78, 5) is 14.9. The van der Waals surface area contributed by atoms with Gasteiger partial charge in [-0.1, -0.05) is 12.8 Å². The van der Waals surface area contributed by atoms with Crippen LogP contribution in [0.2, 0.25) is 0 Å². The Morgan fingerprint density at radius 3 is 2.32 bits per heavy atom. The minimum atomic E-state index is -3.60. The molecule has 2 aliphatic heterocycles. The lowest BCUT2D eigenvalue weighted by atomic mass is 10.2. The third kappa shape index (κ3) is 4.34. The summed E-state index contributed by atoms with van der Waals surface area (Å²) in [6.07, 6.45) is 6.48. The molecule has 1 aromatic carbocycles. The zero-order chi connectivity index (χ0) is 19.6. The van der Waals surface area contributed by atoms with Crippen LogP contribution < -0.4 is 10.2 Å². The number of sulfonamides is 1. The number of rotatable bonds is 5. The summed E-state index contributed by atoms with van der Waals surface area (Å²) in [6, 6.07) is 5.18. The van der Waals surface area contributed by atoms with Gasteiger partial charge in [-0.15, -0.1) is 0 Å². The minimum absolute atomic E-state index is 0.00278. The molecule has 1 N–H and O–H groups in total. The fourth-order valence-electron chi connectivity index (χ4n) is 3.88. The number of hydrogen-bond donors (Lipinski definition) is 1. The van der Waals surface area contributed by atoms with E-state index in [2.05, 4.69) is 10.2 Å². The number of amides is 1. The maximum atomic E-state index is 13.1. The Morgan fingerprint density at radius 1 is 1.00 bits per heavy atom. The van der Waals surface area contributed by atoms with Crippen molar-refractivity contribution >= 4 is 27.3 Å². The van der Waals surface area contributed by atoms with Crippen LogP contribution in [0.1, 0.15) is 38.5 Å². The van der Waals surface area contributed by atoms with Gasteiger partial charge in [0.2, 0.25) is 15.9 Å². The van der Waals surface area contributed by atoms with E-state index in [9.17, 15) is 13.2 Å². The van der Waals surface area contributed by atoms with Gasteiger partial charge in [-0.2, -0.15) is 4.31 Å². The average Bonchev–Trinajstić information content (AvgIpc) is 3.56. The van der Waals surface area contributed by atoms with Crippen molar-refractivity contribution in [2.45, 2.75) is 43.4 Å². The van der Waals surface area contributed by atoms with Crippen LogP contribution in [0, 0.1) is 5.92 Å². The Bertz CT molecular complexity index is 809. The van der Waals surface area contributed by atoms with Gasteiger partial charge in [0.15, 0.2) is 0 Å². The van der Waals surface area contributed by atoms with Crippen molar-refractivity contribution in [1.82, 2.24) is 4.31 Å². The number of ether oxygens (including phenoxy) is 1. The highest BCUT2D eigenvalue weighted by molar-refractivity contribution is 7.89. The molecule has 28 heavy (non-hydrogen) atoms. The summed E-state index contributed by atoms with van der Waals surface area (Å²) in [5, 5.41) is 3.02. The molecular weight excluding hydrogens is 378 g/mol. The van der Waals surface area contributed by atoms with Crippen molar-refractivity contribution in [3.05, 3.63) is 18.2 Å². The molecule has 2 saturated heterocycles. The Balaban J connectivity index is 1.65. The zero-order valence-electron chi connectivity index (χ0n) is 16.2. The fraction of sp³-hybridized carbons (Fsp3) is 0.650. The van der Waals surface area contributed by atoms with Gasteiger partial charge in [-0.05, 0) is 43.9 Å². The summed E-state index contributed by atoms with van der Waals surface area (Å²) >= 11 is 0. The molecule has 3 aliphatic rings. The third-order valence-corrected chi connectivity index (χ3v) is 7.62. The predicted molar refractivity (Wildman–Crippen MR) is 108 cm³/mol. The molecule has 1 aromatic rings. The molecule has 3 fully saturated rings. The number of carbonyl (C=O) groups is 1. The number of nitrogens with one attached hydrogen (secondary N) is 1. The molecule has 1 saturated carbocycles. The molecule has 154 valence electrons. The zero-order valence-corrected chi connectivity index (χ0v) is 17.0. The topological polar surface area (TPSA) is 79.0 Å². The highest BCUT2D eigenvalue weighted by atomic mass is 32.2. The molecule has 1 aliphatic carbocycles. The first kappa shape index (κ1) is 19.7. The van der Waals surface area contributed by atoms with E-state index in [0.29, 0.717) is 32.0 Å². The highest BCUT2D eigenvalue weighted by Gasteiger charge is 2.32. The van der Waals surface area contributed by atoms with Gasteiger partial charge < -0.3 is 15.0 Å². The summed E-state index contributed by atoms with van der Waals surface area (Å²) in [5.41, 5.74) is 1.55. The predicted octanol–water partition coefficient (Wildman–Crippen LogP) is 2.44. The Hall–Kier alpha value is -1.64. The monoisotopic (exact) mass is 407 g/mol. The van der Waals surface area contributed by atoms with Gasteiger partial charge in [0.1, 0.15) is 0 Å². The molecule has 1 amide bonds. The SMILES string of the molecule is O=C(Nc1cc(S(=O)(=O)N2CCOCC2)ccc1N1CCCCCC1)C1CC1. The van der Waals surface area contributed by atoms with E-state index in [1.165, 1.54) is 17.1 Å². The number of morpholine rings is 1. The van der Waals surface area contributed by atoms with Crippen LogP contribution in [0.15, 0.2) is 23.1 Å². The third-order valence-electron chi connectivity index (χ3n) is 5.73. The molecule has 0 atom stereocenters. The molecule has 0 bridgehead atoms. The van der Waals surface area contributed by atoms with Gasteiger partial charge in [-0.3, -0.25) is 4.79 Å². The van der Waals surface area contributed by atoms with Gasteiger partial charge in [-0.25, -0.2) is 8.42 Å². The van der Waals surface area contributed by atoms with Gasteiger partial charge >= 0.3 is 0 Å². The number of benzene rings is 1. The van der Waals surface area contributed by atoms with Crippen molar-refractivity contribution in [2.24, 2.45) is 5.92 Å². The van der Waals surface area contributed by atoms with Crippen LogP contribution in [0.25, 0.3) is 0 Å². The first-order valence-electron chi connectivity index (χ1n) is 10.3. The van der Waals surface area contributed by atoms with E-state index < -0.39 is 10.0 Å². The highest BCUT2D eigenvalue weighted by Crippen LogP contribution is 2.35. The number of nitrogens with zero attached hydrogens (tertiary/aromatic N) is 2. The van der Waals surface area contributed by atoms with E-state index in [1.54, 1.807) is 12.1 Å². The lowest BCUT2D eigenvalue weighted by molar-refractivity contribution is -0.117. The first-order chi connectivity index (χ1) is 13.6. The standard InChI is InChI=1S/C20H29N3O4S/c24-20(16-5-6-16)21-18-15-17(28(25,26)23-11-13-27-14-12-23)7-8-19(18)22-9-3-1-2-4-10-22/h7-8,15-16H,1-6,9-14H2,(H,21,24). The van der Waals surface area contributed by atoms with Crippen LogP contribution in [-0.2, 0) is 19.6 Å². The molecule has 0 aromatic heterocycles. The molecule has 0 unspecified atom stereocenters. The molecule has 4 rings (SSSR count). The lowest BCUT2D eigenvalue weighted by Gasteiger charge is -2.28. The van der Waals surface area contributed by atoms with E-state index in [-0.39, 0.29) is 16.7 Å². The number of hydrogen-bond acceptors (Lipinski definition) is 5. The maximum absolute atomic E-state index is 13.1. The Labute approximate surface area is 167 Å². The summed E-state index contributed by atoms with van der Waals surface area (Å²) in [5.74, 6) is 0.0634. The Kier molecular flexibility index (Phi) is 5.89. The molecule has 8 heteroatoms. The van der Waals surface area contributed by atoms with E-state index >= 15 is 0 Å². The van der Waals surface area contributed by atoms with Crippen LogP contribution in [0.4, 0.5) is 11.4 Å². The van der Waals surface area contributed by atoms with Gasteiger partial charge in [0.05, 0.1) is 29.5 Å². The Morgan fingerprint density at radius 2 is 1.68 bits per heavy atom.